The number of fused-ring (bicyclic) bond motifs is 2. The minimum Gasteiger partial charge on any atom is -0.496 e. The average molecular weight is 367 g/mol. The van der Waals surface area contributed by atoms with Crippen molar-refractivity contribution in [2.75, 3.05) is 26.7 Å². The number of hydrogen-bond acceptors (Lipinski definition) is 5. The van der Waals surface area contributed by atoms with E-state index in [1.807, 2.05) is 0 Å². The maximum absolute atomic E-state index is 5.70. The molecule has 1 N–H and O–H groups in total. The van der Waals surface area contributed by atoms with Crippen LogP contribution >= 0.6 is 0 Å². The largest absolute Gasteiger partial charge is 0.496 e. The lowest BCUT2D eigenvalue weighted by molar-refractivity contribution is 0.203. The van der Waals surface area contributed by atoms with E-state index in [1.54, 1.807) is 7.11 Å². The summed E-state index contributed by atoms with van der Waals surface area (Å²) in [5.41, 5.74) is 4.29. The fourth-order valence-corrected chi connectivity index (χ4v) is 4.95. The molecule has 2 aliphatic heterocycles. The summed E-state index contributed by atoms with van der Waals surface area (Å²) in [5, 5.41) is 12.6. The number of aryl methyl sites for hydroxylation is 2. The number of benzene rings is 1. The molecule has 6 nitrogen and oxygen atoms in total. The quantitative estimate of drug-likeness (QED) is 0.898. The third-order valence-corrected chi connectivity index (χ3v) is 6.41. The molecule has 5 rings (SSSR count). The number of piperidine rings is 1. The molecule has 1 aromatic heterocycles. The molecule has 6 heteroatoms. The number of hydrogen-bond donors (Lipinski definition) is 1. The fraction of sp³-hybridized carbons (Fsp3) is 0.619. The zero-order chi connectivity index (χ0) is 18.2. The van der Waals surface area contributed by atoms with E-state index in [4.69, 9.17) is 4.74 Å². The third kappa shape index (κ3) is 3.25. The Balaban J connectivity index is 1.33. The number of aromatic nitrogens is 3. The van der Waals surface area contributed by atoms with Crippen molar-refractivity contribution in [1.29, 1.82) is 0 Å². The summed E-state index contributed by atoms with van der Waals surface area (Å²) in [6.07, 6.45) is 6.13. The van der Waals surface area contributed by atoms with Gasteiger partial charge in [0.15, 0.2) is 0 Å². The second kappa shape index (κ2) is 7.24. The van der Waals surface area contributed by atoms with Gasteiger partial charge in [0.25, 0.3) is 0 Å². The lowest BCUT2D eigenvalue weighted by atomic mass is 9.98. The molecule has 1 aliphatic carbocycles. The normalized spacial score (nSPS) is 22.5. The monoisotopic (exact) mass is 367 g/mol. The van der Waals surface area contributed by atoms with E-state index in [9.17, 15) is 0 Å². The molecular weight excluding hydrogens is 338 g/mol. The van der Waals surface area contributed by atoms with Gasteiger partial charge in [0.1, 0.15) is 17.4 Å². The van der Waals surface area contributed by atoms with Crippen LogP contribution in [0.3, 0.4) is 0 Å². The van der Waals surface area contributed by atoms with Crippen LogP contribution in [0.1, 0.15) is 53.5 Å². The van der Waals surface area contributed by atoms with Crippen molar-refractivity contribution in [3.63, 3.8) is 0 Å². The number of nitrogens with zero attached hydrogens (tertiary/aromatic N) is 4. The van der Waals surface area contributed by atoms with E-state index in [0.717, 1.165) is 50.8 Å². The molecule has 0 amide bonds. The van der Waals surface area contributed by atoms with Gasteiger partial charge in [-0.05, 0) is 55.8 Å². The summed E-state index contributed by atoms with van der Waals surface area (Å²) in [4.78, 5) is 2.48. The highest BCUT2D eigenvalue weighted by molar-refractivity contribution is 5.44. The smallest absolute Gasteiger partial charge is 0.147 e. The molecule has 1 fully saturated rings. The number of methoxy groups -OCH3 is 1. The first-order chi connectivity index (χ1) is 13.3. The lowest BCUT2D eigenvalue weighted by Gasteiger charge is -2.30. The summed E-state index contributed by atoms with van der Waals surface area (Å²) in [6, 6.07) is 4.64. The number of nitrogens with one attached hydrogen (secondary N) is 1. The molecule has 27 heavy (non-hydrogen) atoms. The predicted octanol–water partition coefficient (Wildman–Crippen LogP) is 2.26. The SMILES string of the molecule is COc1cc2c(cc1CN1CCn3c(nnc3[C@H]3CCCNC3)C1)CCC2. The van der Waals surface area contributed by atoms with E-state index in [0.29, 0.717) is 5.92 Å². The van der Waals surface area contributed by atoms with Crippen LogP contribution in [0.2, 0.25) is 0 Å². The van der Waals surface area contributed by atoms with Crippen molar-refractivity contribution in [2.45, 2.75) is 57.7 Å². The molecule has 0 bridgehead atoms. The van der Waals surface area contributed by atoms with Gasteiger partial charge in [-0.1, -0.05) is 6.07 Å². The summed E-state index contributed by atoms with van der Waals surface area (Å²) < 4.78 is 8.07. The Morgan fingerprint density at radius 2 is 2.04 bits per heavy atom. The van der Waals surface area contributed by atoms with Gasteiger partial charge in [0.05, 0.1) is 13.7 Å². The van der Waals surface area contributed by atoms with E-state index in [-0.39, 0.29) is 0 Å². The molecule has 0 radical (unpaired) electrons. The van der Waals surface area contributed by atoms with Crippen molar-refractivity contribution in [2.24, 2.45) is 0 Å². The van der Waals surface area contributed by atoms with Crippen LogP contribution in [0.25, 0.3) is 0 Å². The Kier molecular flexibility index (Phi) is 4.61. The van der Waals surface area contributed by atoms with Crippen LogP contribution in [0, 0.1) is 0 Å². The molecule has 144 valence electrons. The van der Waals surface area contributed by atoms with Gasteiger partial charge in [-0.2, -0.15) is 0 Å². The van der Waals surface area contributed by atoms with Gasteiger partial charge in [-0.3, -0.25) is 4.90 Å². The van der Waals surface area contributed by atoms with Crippen LogP contribution in [-0.4, -0.2) is 46.4 Å². The zero-order valence-electron chi connectivity index (χ0n) is 16.2. The van der Waals surface area contributed by atoms with Gasteiger partial charge in [-0.25, -0.2) is 0 Å². The highest BCUT2D eigenvalue weighted by atomic mass is 16.5. The van der Waals surface area contributed by atoms with Gasteiger partial charge in [-0.15, -0.1) is 10.2 Å². The molecule has 2 aromatic rings. The number of rotatable bonds is 4. The Hall–Kier alpha value is -1.92. The first-order valence-electron chi connectivity index (χ1n) is 10.4. The topological polar surface area (TPSA) is 55.2 Å². The van der Waals surface area contributed by atoms with Gasteiger partial charge in [0, 0.05) is 37.7 Å². The first kappa shape index (κ1) is 17.2. The van der Waals surface area contributed by atoms with E-state index < -0.39 is 0 Å². The van der Waals surface area contributed by atoms with Crippen LogP contribution in [0.4, 0.5) is 0 Å². The molecular formula is C21H29N5O. The molecule has 0 spiro atoms. The van der Waals surface area contributed by atoms with Crippen LogP contribution < -0.4 is 10.1 Å². The standard InChI is InChI=1S/C21H29N5O/c1-27-19-11-16-5-2-4-15(16)10-18(19)13-25-8-9-26-20(14-25)23-24-21(26)17-6-3-7-22-12-17/h10-11,17,22H,2-9,12-14H2,1H3/t17-/m0/s1. The molecule has 3 aliphatic rings. The van der Waals surface area contributed by atoms with Crippen LogP contribution in [-0.2, 0) is 32.5 Å². The second-order valence-corrected chi connectivity index (χ2v) is 8.17. The van der Waals surface area contributed by atoms with Crippen molar-refractivity contribution in [1.82, 2.24) is 25.0 Å². The van der Waals surface area contributed by atoms with Crippen LogP contribution in [0.5, 0.6) is 5.75 Å². The number of ether oxygens (including phenoxy) is 1. The first-order valence-corrected chi connectivity index (χ1v) is 10.4. The molecule has 1 aromatic carbocycles. The van der Waals surface area contributed by atoms with Crippen LogP contribution in [0.15, 0.2) is 12.1 Å². The van der Waals surface area contributed by atoms with E-state index >= 15 is 0 Å². The third-order valence-electron chi connectivity index (χ3n) is 6.41. The predicted molar refractivity (Wildman–Crippen MR) is 104 cm³/mol. The zero-order valence-corrected chi connectivity index (χ0v) is 16.2. The summed E-state index contributed by atoms with van der Waals surface area (Å²) in [6.45, 7) is 5.99. The Bertz CT molecular complexity index is 824. The van der Waals surface area contributed by atoms with Gasteiger partial charge in [0.2, 0.25) is 0 Å². The Morgan fingerprint density at radius 3 is 2.85 bits per heavy atom. The molecule has 1 atom stereocenters. The molecule has 1 saturated heterocycles. The highest BCUT2D eigenvalue weighted by Crippen LogP contribution is 2.31. The average Bonchev–Trinajstić information content (AvgIpc) is 3.34. The van der Waals surface area contributed by atoms with Crippen molar-refractivity contribution < 1.29 is 4.74 Å². The minimum atomic E-state index is 0.517. The minimum absolute atomic E-state index is 0.517. The molecule has 0 unspecified atom stereocenters. The van der Waals surface area contributed by atoms with E-state index in [2.05, 4.69) is 37.1 Å². The summed E-state index contributed by atoms with van der Waals surface area (Å²) in [7, 11) is 1.79. The molecule has 3 heterocycles. The fourth-order valence-electron chi connectivity index (χ4n) is 4.95. The summed E-state index contributed by atoms with van der Waals surface area (Å²) in [5.74, 6) is 3.86. The van der Waals surface area contributed by atoms with Gasteiger partial charge < -0.3 is 14.6 Å². The maximum Gasteiger partial charge on any atom is 0.147 e. The Morgan fingerprint density at radius 1 is 1.15 bits per heavy atom. The highest BCUT2D eigenvalue weighted by Gasteiger charge is 2.27. The van der Waals surface area contributed by atoms with Crippen molar-refractivity contribution in [3.05, 3.63) is 40.5 Å². The van der Waals surface area contributed by atoms with Gasteiger partial charge >= 0.3 is 0 Å². The van der Waals surface area contributed by atoms with Crippen molar-refractivity contribution in [3.8, 4) is 5.75 Å². The van der Waals surface area contributed by atoms with Crippen molar-refractivity contribution >= 4 is 0 Å². The second-order valence-electron chi connectivity index (χ2n) is 8.17. The Labute approximate surface area is 160 Å². The maximum atomic E-state index is 5.70. The van der Waals surface area contributed by atoms with E-state index in [1.165, 1.54) is 54.6 Å². The summed E-state index contributed by atoms with van der Waals surface area (Å²) >= 11 is 0. The molecule has 0 saturated carbocycles. The lowest BCUT2D eigenvalue weighted by Crippen LogP contribution is -2.36.